The van der Waals surface area contributed by atoms with Crippen molar-refractivity contribution in [3.8, 4) is 0 Å². The van der Waals surface area contributed by atoms with E-state index in [2.05, 4.69) is 27.7 Å². The van der Waals surface area contributed by atoms with Crippen LogP contribution in [0.2, 0.25) is 0 Å². The van der Waals surface area contributed by atoms with E-state index in [1.54, 1.807) is 0 Å². The lowest BCUT2D eigenvalue weighted by atomic mass is 10.2. The smallest absolute Gasteiger partial charge is 0.151 e. The second-order valence-electron chi connectivity index (χ2n) is 5.39. The largest absolute Gasteiger partial charge is 0.382 e. The van der Waals surface area contributed by atoms with E-state index in [0.29, 0.717) is 19.0 Å². The summed E-state index contributed by atoms with van der Waals surface area (Å²) >= 11 is 1.91. The van der Waals surface area contributed by atoms with Gasteiger partial charge in [0.2, 0.25) is 0 Å². The predicted octanol–water partition coefficient (Wildman–Crippen LogP) is 3.39. The molecule has 5 nitrogen and oxygen atoms in total. The normalized spacial score (nSPS) is 11.4. The zero-order chi connectivity index (χ0) is 15.9. The van der Waals surface area contributed by atoms with Gasteiger partial charge in [-0.2, -0.15) is 11.8 Å². The van der Waals surface area contributed by atoms with E-state index in [4.69, 9.17) is 10.5 Å². The maximum Gasteiger partial charge on any atom is 0.151 e. The summed E-state index contributed by atoms with van der Waals surface area (Å²) in [7, 11) is 0. The molecule has 2 heterocycles. The van der Waals surface area contributed by atoms with E-state index in [0.717, 1.165) is 35.4 Å². The lowest BCUT2D eigenvalue weighted by Gasteiger charge is -2.10. The average Bonchev–Trinajstić information content (AvgIpc) is 2.88. The molecule has 0 saturated heterocycles. The Morgan fingerprint density at radius 1 is 1.32 bits per heavy atom. The molecule has 0 atom stereocenters. The van der Waals surface area contributed by atoms with E-state index in [9.17, 15) is 0 Å². The fourth-order valence-electron chi connectivity index (χ4n) is 2.60. The lowest BCUT2D eigenvalue weighted by Crippen LogP contribution is -2.07. The fraction of sp³-hybridized carbons (Fsp3) is 0.625. The average molecular weight is 322 g/mol. The van der Waals surface area contributed by atoms with Gasteiger partial charge in [-0.15, -0.1) is 0 Å². The molecule has 0 unspecified atom stereocenters. The van der Waals surface area contributed by atoms with Crippen molar-refractivity contribution in [2.75, 3.05) is 24.3 Å². The summed E-state index contributed by atoms with van der Waals surface area (Å²) in [6, 6.07) is 0. The molecule has 0 aliphatic rings. The summed E-state index contributed by atoms with van der Waals surface area (Å²) < 4.78 is 7.83. The minimum Gasteiger partial charge on any atom is -0.382 e. The van der Waals surface area contributed by atoms with E-state index < -0.39 is 0 Å². The Bertz CT molecular complexity index is 612. The number of hydrogen-bond acceptors (Lipinski definition) is 5. The molecule has 0 saturated carbocycles. The lowest BCUT2D eigenvalue weighted by molar-refractivity contribution is 0.126. The number of anilines is 1. The molecular formula is C16H26N4OS. The van der Waals surface area contributed by atoms with Crippen LogP contribution < -0.4 is 5.73 Å². The van der Waals surface area contributed by atoms with Crippen LogP contribution in [-0.4, -0.2) is 33.2 Å². The highest BCUT2D eigenvalue weighted by molar-refractivity contribution is 7.98. The number of nitrogens with two attached hydrogens (primary N) is 1. The van der Waals surface area contributed by atoms with E-state index in [-0.39, 0.29) is 0 Å². The zero-order valence-electron chi connectivity index (χ0n) is 13.8. The van der Waals surface area contributed by atoms with Crippen molar-refractivity contribution in [1.29, 1.82) is 0 Å². The molecule has 0 aliphatic carbocycles. The summed E-state index contributed by atoms with van der Waals surface area (Å²) in [5.74, 6) is 2.68. The molecule has 0 spiro atoms. The number of hydrogen-bond donors (Lipinski definition) is 1. The first-order chi connectivity index (χ1) is 10.7. The monoisotopic (exact) mass is 322 g/mol. The van der Waals surface area contributed by atoms with Gasteiger partial charge in [-0.25, -0.2) is 9.97 Å². The minimum absolute atomic E-state index is 0.500. The SMILES string of the molecule is CCOCc1nc2c(N)ncc(C)c2n1CCCCCSC. The van der Waals surface area contributed by atoms with Gasteiger partial charge >= 0.3 is 0 Å². The molecule has 0 amide bonds. The fourth-order valence-corrected chi connectivity index (χ4v) is 3.10. The van der Waals surface area contributed by atoms with Crippen LogP contribution in [0.3, 0.4) is 0 Å². The molecule has 22 heavy (non-hydrogen) atoms. The van der Waals surface area contributed by atoms with Crippen molar-refractivity contribution in [3.63, 3.8) is 0 Å². The maximum absolute atomic E-state index is 6.00. The van der Waals surface area contributed by atoms with Crippen LogP contribution in [0.4, 0.5) is 5.82 Å². The third kappa shape index (κ3) is 3.93. The summed E-state index contributed by atoms with van der Waals surface area (Å²) in [4.78, 5) is 8.89. The Hall–Kier alpha value is -1.27. The highest BCUT2D eigenvalue weighted by atomic mass is 32.2. The molecule has 2 aromatic rings. The Labute approximate surface area is 136 Å². The number of thioether (sulfide) groups is 1. The molecular weight excluding hydrogens is 296 g/mol. The zero-order valence-corrected chi connectivity index (χ0v) is 14.6. The van der Waals surface area contributed by atoms with E-state index in [1.807, 2.05) is 24.9 Å². The number of nitrogen functional groups attached to an aromatic ring is 1. The van der Waals surface area contributed by atoms with Gasteiger partial charge in [0.05, 0.1) is 5.52 Å². The Balaban J connectivity index is 2.25. The number of imidazole rings is 1. The van der Waals surface area contributed by atoms with Gasteiger partial charge in [0.25, 0.3) is 0 Å². The van der Waals surface area contributed by atoms with Crippen LogP contribution >= 0.6 is 11.8 Å². The number of pyridine rings is 1. The van der Waals surface area contributed by atoms with Gasteiger partial charge in [0.15, 0.2) is 5.82 Å². The first-order valence-electron chi connectivity index (χ1n) is 7.85. The first-order valence-corrected chi connectivity index (χ1v) is 9.25. The van der Waals surface area contributed by atoms with Crippen molar-refractivity contribution in [1.82, 2.24) is 14.5 Å². The van der Waals surface area contributed by atoms with Gasteiger partial charge in [-0.1, -0.05) is 6.42 Å². The van der Waals surface area contributed by atoms with Gasteiger partial charge in [0.1, 0.15) is 17.9 Å². The maximum atomic E-state index is 6.00. The quantitative estimate of drug-likeness (QED) is 0.717. The van der Waals surface area contributed by atoms with Crippen molar-refractivity contribution >= 4 is 28.6 Å². The van der Waals surface area contributed by atoms with Crippen LogP contribution in [0.5, 0.6) is 0 Å². The van der Waals surface area contributed by atoms with E-state index >= 15 is 0 Å². The van der Waals surface area contributed by atoms with E-state index in [1.165, 1.54) is 18.6 Å². The highest BCUT2D eigenvalue weighted by Gasteiger charge is 2.15. The van der Waals surface area contributed by atoms with Crippen LogP contribution in [0.1, 0.15) is 37.6 Å². The van der Waals surface area contributed by atoms with Gasteiger partial charge in [0, 0.05) is 19.3 Å². The number of nitrogens with zero attached hydrogens (tertiary/aromatic N) is 3. The molecule has 122 valence electrons. The molecule has 0 bridgehead atoms. The predicted molar refractivity (Wildman–Crippen MR) is 94.2 cm³/mol. The van der Waals surface area contributed by atoms with Crippen molar-refractivity contribution < 1.29 is 4.74 Å². The molecule has 0 fully saturated rings. The Morgan fingerprint density at radius 2 is 2.14 bits per heavy atom. The Kier molecular flexibility index (Phi) is 6.51. The van der Waals surface area contributed by atoms with Crippen LogP contribution in [0.25, 0.3) is 11.0 Å². The van der Waals surface area contributed by atoms with Crippen molar-refractivity contribution in [3.05, 3.63) is 17.6 Å². The number of rotatable bonds is 9. The summed E-state index contributed by atoms with van der Waals surface area (Å²) in [6.07, 6.45) is 7.62. The summed E-state index contributed by atoms with van der Waals surface area (Å²) in [5.41, 5.74) is 9.02. The molecule has 2 N–H and O–H groups in total. The summed E-state index contributed by atoms with van der Waals surface area (Å²) in [6.45, 7) is 6.22. The second kappa shape index (κ2) is 8.39. The Morgan fingerprint density at radius 3 is 2.86 bits per heavy atom. The van der Waals surface area contributed by atoms with Gasteiger partial charge in [-0.3, -0.25) is 0 Å². The summed E-state index contributed by atoms with van der Waals surface area (Å²) in [5, 5.41) is 0. The standard InChI is InChI=1S/C16H26N4OS/c1-4-21-11-13-19-14-15(12(2)10-18-16(14)17)20(13)8-6-5-7-9-22-3/h10H,4-9,11H2,1-3H3,(H2,17,18). The number of aryl methyl sites for hydroxylation is 2. The second-order valence-corrected chi connectivity index (χ2v) is 6.38. The number of ether oxygens (including phenoxy) is 1. The van der Waals surface area contributed by atoms with Crippen LogP contribution in [0.15, 0.2) is 6.20 Å². The number of fused-ring (bicyclic) bond motifs is 1. The van der Waals surface area contributed by atoms with Crippen molar-refractivity contribution in [2.24, 2.45) is 0 Å². The van der Waals surface area contributed by atoms with Crippen LogP contribution in [0, 0.1) is 6.92 Å². The van der Waals surface area contributed by atoms with Crippen molar-refractivity contribution in [2.45, 2.75) is 46.3 Å². The third-order valence-corrected chi connectivity index (χ3v) is 4.42. The highest BCUT2D eigenvalue weighted by Crippen LogP contribution is 2.24. The molecule has 0 aliphatic heterocycles. The topological polar surface area (TPSA) is 66.0 Å². The molecule has 2 rings (SSSR count). The minimum atomic E-state index is 0.500. The van der Waals surface area contributed by atoms with Gasteiger partial charge < -0.3 is 15.0 Å². The number of unbranched alkanes of at least 4 members (excludes halogenated alkanes) is 2. The molecule has 2 aromatic heterocycles. The number of aromatic nitrogens is 3. The van der Waals surface area contributed by atoms with Crippen LogP contribution in [-0.2, 0) is 17.9 Å². The first kappa shape index (κ1) is 17.1. The molecule has 0 aromatic carbocycles. The molecule has 6 heteroatoms. The third-order valence-electron chi connectivity index (χ3n) is 3.73. The molecule has 0 radical (unpaired) electrons. The van der Waals surface area contributed by atoms with Gasteiger partial charge in [-0.05, 0) is 44.3 Å².